The summed E-state index contributed by atoms with van der Waals surface area (Å²) in [5.41, 5.74) is 1.04. The second-order valence-electron chi connectivity index (χ2n) is 5.78. The van der Waals surface area contributed by atoms with E-state index in [1.165, 1.54) is 12.1 Å². The number of rotatable bonds is 9. The molecular formula is C16H26FNO2S. The van der Waals surface area contributed by atoms with E-state index in [1.807, 2.05) is 0 Å². The van der Waals surface area contributed by atoms with Crippen molar-refractivity contribution in [2.24, 2.45) is 5.92 Å². The summed E-state index contributed by atoms with van der Waals surface area (Å²) in [5, 5.41) is 3.36. The Morgan fingerprint density at radius 2 is 1.81 bits per heavy atom. The van der Waals surface area contributed by atoms with E-state index in [1.54, 1.807) is 19.1 Å². The van der Waals surface area contributed by atoms with Gasteiger partial charge >= 0.3 is 0 Å². The van der Waals surface area contributed by atoms with E-state index in [-0.39, 0.29) is 23.2 Å². The van der Waals surface area contributed by atoms with Gasteiger partial charge in [-0.2, -0.15) is 0 Å². The molecule has 1 rings (SSSR count). The lowest BCUT2D eigenvalue weighted by Gasteiger charge is -2.19. The Kier molecular flexibility index (Phi) is 7.32. The van der Waals surface area contributed by atoms with Crippen LogP contribution >= 0.6 is 0 Å². The van der Waals surface area contributed by atoms with Gasteiger partial charge in [-0.1, -0.05) is 32.9 Å². The smallest absolute Gasteiger partial charge is 0.150 e. The molecule has 1 unspecified atom stereocenters. The molecule has 0 heterocycles. The summed E-state index contributed by atoms with van der Waals surface area (Å²) in [4.78, 5) is 0. The van der Waals surface area contributed by atoms with E-state index in [0.717, 1.165) is 18.5 Å². The number of nitrogens with one attached hydrogen (secondary N) is 1. The lowest BCUT2D eigenvalue weighted by molar-refractivity contribution is 0.435. The van der Waals surface area contributed by atoms with Crippen LogP contribution in [0.5, 0.6) is 0 Å². The number of hydrogen-bond acceptors (Lipinski definition) is 3. The van der Waals surface area contributed by atoms with Crippen molar-refractivity contribution in [3.63, 3.8) is 0 Å². The van der Waals surface area contributed by atoms with Crippen LogP contribution in [0.4, 0.5) is 4.39 Å². The Bertz CT molecular complexity index is 512. The number of halogens is 1. The second-order valence-corrected chi connectivity index (χ2v) is 8.26. The van der Waals surface area contributed by atoms with Gasteiger partial charge in [0.1, 0.15) is 15.7 Å². The van der Waals surface area contributed by atoms with Crippen molar-refractivity contribution >= 4 is 9.84 Å². The zero-order valence-corrected chi connectivity index (χ0v) is 13.9. The molecule has 0 aliphatic carbocycles. The standard InChI is InChI=1S/C16H26FNO2S/c1-4-21(19,20)10-9-15(12-18-13(2)3)11-14-5-7-16(17)8-6-14/h5-8,13,15,18H,4,9-12H2,1-3H3. The van der Waals surface area contributed by atoms with Crippen molar-refractivity contribution < 1.29 is 12.8 Å². The van der Waals surface area contributed by atoms with E-state index in [0.29, 0.717) is 12.5 Å². The Balaban J connectivity index is 2.65. The number of sulfone groups is 1. The third-order valence-corrected chi connectivity index (χ3v) is 5.27. The van der Waals surface area contributed by atoms with Gasteiger partial charge in [0, 0.05) is 11.8 Å². The Morgan fingerprint density at radius 1 is 1.19 bits per heavy atom. The highest BCUT2D eigenvalue weighted by atomic mass is 32.2. The summed E-state index contributed by atoms with van der Waals surface area (Å²) in [7, 11) is -2.94. The summed E-state index contributed by atoms with van der Waals surface area (Å²) >= 11 is 0. The van der Waals surface area contributed by atoms with Gasteiger partial charge in [0.05, 0.1) is 5.75 Å². The molecular weight excluding hydrogens is 289 g/mol. The molecule has 1 N–H and O–H groups in total. The quantitative estimate of drug-likeness (QED) is 0.762. The van der Waals surface area contributed by atoms with Gasteiger partial charge in [0.2, 0.25) is 0 Å². The first kappa shape index (κ1) is 18.1. The Morgan fingerprint density at radius 3 is 2.33 bits per heavy atom. The number of hydrogen-bond donors (Lipinski definition) is 1. The average Bonchev–Trinajstić information content (AvgIpc) is 2.44. The van der Waals surface area contributed by atoms with Crippen LogP contribution in [0.1, 0.15) is 32.8 Å². The highest BCUT2D eigenvalue weighted by molar-refractivity contribution is 7.91. The maximum absolute atomic E-state index is 12.9. The summed E-state index contributed by atoms with van der Waals surface area (Å²) in [5.74, 6) is 0.395. The molecule has 1 aromatic carbocycles. The molecule has 0 aliphatic heterocycles. The van der Waals surface area contributed by atoms with Gasteiger partial charge < -0.3 is 5.32 Å². The van der Waals surface area contributed by atoms with Crippen molar-refractivity contribution in [1.29, 1.82) is 0 Å². The van der Waals surface area contributed by atoms with Gasteiger partial charge in [0.25, 0.3) is 0 Å². The molecule has 21 heavy (non-hydrogen) atoms. The molecule has 0 spiro atoms. The summed E-state index contributed by atoms with van der Waals surface area (Å²) in [6, 6.07) is 6.80. The third kappa shape index (κ3) is 7.58. The number of benzene rings is 1. The first-order chi connectivity index (χ1) is 9.82. The van der Waals surface area contributed by atoms with Crippen LogP contribution in [-0.2, 0) is 16.3 Å². The minimum atomic E-state index is -2.94. The Labute approximate surface area is 127 Å². The van der Waals surface area contributed by atoms with Gasteiger partial charge in [-0.15, -0.1) is 0 Å². The molecule has 0 amide bonds. The largest absolute Gasteiger partial charge is 0.314 e. The average molecular weight is 315 g/mol. The SMILES string of the molecule is CCS(=O)(=O)CCC(CNC(C)C)Cc1ccc(F)cc1. The van der Waals surface area contributed by atoms with E-state index >= 15 is 0 Å². The third-order valence-electron chi connectivity index (χ3n) is 3.53. The molecule has 1 atom stereocenters. The van der Waals surface area contributed by atoms with E-state index < -0.39 is 9.84 Å². The fraction of sp³-hybridized carbons (Fsp3) is 0.625. The fourth-order valence-electron chi connectivity index (χ4n) is 2.12. The van der Waals surface area contributed by atoms with Crippen molar-refractivity contribution in [1.82, 2.24) is 5.32 Å². The van der Waals surface area contributed by atoms with Crippen molar-refractivity contribution in [2.45, 2.75) is 39.7 Å². The normalized spacial score (nSPS) is 13.6. The predicted octanol–water partition coefficient (Wildman–Crippen LogP) is 2.81. The minimum Gasteiger partial charge on any atom is -0.314 e. The second kappa shape index (κ2) is 8.49. The zero-order chi connectivity index (χ0) is 15.9. The highest BCUT2D eigenvalue weighted by Gasteiger charge is 2.15. The molecule has 0 bridgehead atoms. The van der Waals surface area contributed by atoms with Crippen LogP contribution < -0.4 is 5.32 Å². The molecule has 0 fully saturated rings. The molecule has 0 radical (unpaired) electrons. The van der Waals surface area contributed by atoms with Crippen LogP contribution in [0.15, 0.2) is 24.3 Å². The van der Waals surface area contributed by atoms with Gasteiger partial charge in [0.15, 0.2) is 0 Å². The molecule has 0 aliphatic rings. The van der Waals surface area contributed by atoms with Crippen molar-refractivity contribution in [3.8, 4) is 0 Å². The first-order valence-electron chi connectivity index (χ1n) is 7.50. The summed E-state index contributed by atoms with van der Waals surface area (Å²) < 4.78 is 36.3. The topological polar surface area (TPSA) is 46.2 Å². The van der Waals surface area contributed by atoms with Gasteiger partial charge in [-0.25, -0.2) is 12.8 Å². The lowest BCUT2D eigenvalue weighted by Crippen LogP contribution is -2.31. The van der Waals surface area contributed by atoms with Gasteiger partial charge in [-0.05, 0) is 43.0 Å². The Hall–Kier alpha value is -0.940. The van der Waals surface area contributed by atoms with E-state index in [9.17, 15) is 12.8 Å². The van der Waals surface area contributed by atoms with Gasteiger partial charge in [-0.3, -0.25) is 0 Å². The first-order valence-corrected chi connectivity index (χ1v) is 9.32. The van der Waals surface area contributed by atoms with Crippen LogP contribution in [0.2, 0.25) is 0 Å². The van der Waals surface area contributed by atoms with Crippen LogP contribution in [-0.4, -0.2) is 32.5 Å². The monoisotopic (exact) mass is 315 g/mol. The molecule has 5 heteroatoms. The van der Waals surface area contributed by atoms with E-state index in [2.05, 4.69) is 19.2 Å². The molecule has 1 aromatic rings. The van der Waals surface area contributed by atoms with Crippen LogP contribution in [0.3, 0.4) is 0 Å². The highest BCUT2D eigenvalue weighted by Crippen LogP contribution is 2.14. The lowest BCUT2D eigenvalue weighted by atomic mass is 9.96. The van der Waals surface area contributed by atoms with Crippen LogP contribution in [0.25, 0.3) is 0 Å². The van der Waals surface area contributed by atoms with Crippen molar-refractivity contribution in [3.05, 3.63) is 35.6 Å². The molecule has 0 saturated heterocycles. The zero-order valence-electron chi connectivity index (χ0n) is 13.1. The summed E-state index contributed by atoms with van der Waals surface area (Å²) in [6.45, 7) is 6.58. The van der Waals surface area contributed by atoms with Crippen molar-refractivity contribution in [2.75, 3.05) is 18.1 Å². The summed E-state index contributed by atoms with van der Waals surface area (Å²) in [6.07, 6.45) is 1.40. The van der Waals surface area contributed by atoms with Crippen LogP contribution in [0, 0.1) is 11.7 Å². The molecule has 120 valence electrons. The molecule has 0 aromatic heterocycles. The fourth-order valence-corrected chi connectivity index (χ4v) is 3.10. The maximum Gasteiger partial charge on any atom is 0.150 e. The maximum atomic E-state index is 12.9. The minimum absolute atomic E-state index is 0.188. The molecule has 3 nitrogen and oxygen atoms in total. The molecule has 0 saturated carbocycles. The predicted molar refractivity (Wildman–Crippen MR) is 85.7 cm³/mol. The van der Waals surface area contributed by atoms with E-state index in [4.69, 9.17) is 0 Å².